The van der Waals surface area contributed by atoms with Gasteiger partial charge in [-0.2, -0.15) is 0 Å². The predicted octanol–water partition coefficient (Wildman–Crippen LogP) is 3.25. The lowest BCUT2D eigenvalue weighted by Crippen LogP contribution is -2.45. The molecule has 0 bridgehead atoms. The van der Waals surface area contributed by atoms with Gasteiger partial charge in [0.05, 0.1) is 19.1 Å². The Morgan fingerprint density at radius 3 is 2.36 bits per heavy atom. The molecule has 4 nitrogen and oxygen atoms in total. The quantitative estimate of drug-likeness (QED) is 0.607. The number of rotatable bonds is 3. The third kappa shape index (κ3) is 4.09. The van der Waals surface area contributed by atoms with Crippen LogP contribution in [0.2, 0.25) is 0 Å². The predicted molar refractivity (Wildman–Crippen MR) is 87.9 cm³/mol. The van der Waals surface area contributed by atoms with Gasteiger partial charge in [-0.25, -0.2) is 0 Å². The molecule has 1 heterocycles. The van der Waals surface area contributed by atoms with Gasteiger partial charge >= 0.3 is 5.97 Å². The van der Waals surface area contributed by atoms with Gasteiger partial charge in [0.2, 0.25) is 0 Å². The highest BCUT2D eigenvalue weighted by Crippen LogP contribution is 2.29. The molecule has 0 spiro atoms. The van der Waals surface area contributed by atoms with Gasteiger partial charge in [-0.05, 0) is 49.9 Å². The smallest absolute Gasteiger partial charge is 0.314 e. The van der Waals surface area contributed by atoms with Gasteiger partial charge in [0.25, 0.3) is 0 Å². The van der Waals surface area contributed by atoms with Crippen molar-refractivity contribution in [1.29, 1.82) is 0 Å². The average molecular weight is 368 g/mol. The lowest BCUT2D eigenvalue weighted by atomic mass is 9.85. The van der Waals surface area contributed by atoms with Crippen LogP contribution in [-0.2, 0) is 9.53 Å². The van der Waals surface area contributed by atoms with Gasteiger partial charge in [0.15, 0.2) is 0 Å². The Kier molecular flexibility index (Phi) is 5.50. The highest BCUT2D eigenvalue weighted by atomic mass is 79.9. The molecule has 1 aliphatic heterocycles. The molecule has 0 radical (unpaired) electrons. The number of hydrogen-bond donors (Lipinski definition) is 0. The number of benzene rings is 1. The van der Waals surface area contributed by atoms with E-state index in [0.29, 0.717) is 11.8 Å². The maximum Gasteiger partial charge on any atom is 0.314 e. The van der Waals surface area contributed by atoms with Crippen molar-refractivity contribution in [2.45, 2.75) is 31.7 Å². The molecule has 3 rings (SSSR count). The van der Waals surface area contributed by atoms with E-state index in [-0.39, 0.29) is 11.9 Å². The summed E-state index contributed by atoms with van der Waals surface area (Å²) in [7, 11) is 0. The Morgan fingerprint density at radius 2 is 1.73 bits per heavy atom. The second-order valence-corrected chi connectivity index (χ2v) is 6.94. The van der Waals surface area contributed by atoms with E-state index in [0.717, 1.165) is 56.5 Å². The normalized spacial score (nSPS) is 26.6. The number of esters is 1. The van der Waals surface area contributed by atoms with E-state index in [2.05, 4.69) is 20.8 Å². The molecule has 1 aromatic rings. The number of halogens is 1. The Labute approximate surface area is 139 Å². The van der Waals surface area contributed by atoms with E-state index in [1.54, 1.807) is 0 Å². The number of nitrogens with zero attached hydrogens (tertiary/aromatic N) is 1. The van der Waals surface area contributed by atoms with Gasteiger partial charge in [-0.1, -0.05) is 15.9 Å². The van der Waals surface area contributed by atoms with Crippen LogP contribution in [0.1, 0.15) is 25.7 Å². The van der Waals surface area contributed by atoms with Crippen LogP contribution in [0.5, 0.6) is 5.75 Å². The van der Waals surface area contributed by atoms with E-state index >= 15 is 0 Å². The first-order valence-corrected chi connectivity index (χ1v) is 8.81. The van der Waals surface area contributed by atoms with Crippen molar-refractivity contribution >= 4 is 21.9 Å². The molecule has 1 saturated carbocycles. The maximum absolute atomic E-state index is 12.3. The van der Waals surface area contributed by atoms with Gasteiger partial charge in [-0.15, -0.1) is 0 Å². The zero-order valence-corrected chi connectivity index (χ0v) is 14.3. The molecule has 0 aromatic heterocycles. The topological polar surface area (TPSA) is 38.8 Å². The van der Waals surface area contributed by atoms with Crippen LogP contribution in [0.15, 0.2) is 28.7 Å². The molecule has 2 aliphatic rings. The molecule has 1 aliphatic carbocycles. The number of morpholine rings is 1. The highest BCUT2D eigenvalue weighted by Gasteiger charge is 2.31. The van der Waals surface area contributed by atoms with Gasteiger partial charge in [0.1, 0.15) is 5.75 Å². The average Bonchev–Trinajstić information content (AvgIpc) is 2.58. The molecule has 1 aromatic carbocycles. The molecule has 0 atom stereocenters. The monoisotopic (exact) mass is 367 g/mol. The first kappa shape index (κ1) is 16.0. The Morgan fingerprint density at radius 1 is 1.09 bits per heavy atom. The van der Waals surface area contributed by atoms with Gasteiger partial charge in [0, 0.05) is 23.6 Å². The van der Waals surface area contributed by atoms with Crippen LogP contribution in [-0.4, -0.2) is 43.2 Å². The van der Waals surface area contributed by atoms with Crippen molar-refractivity contribution in [3.8, 4) is 5.75 Å². The summed E-state index contributed by atoms with van der Waals surface area (Å²) >= 11 is 3.38. The van der Waals surface area contributed by atoms with Gasteiger partial charge in [-0.3, -0.25) is 9.69 Å². The summed E-state index contributed by atoms with van der Waals surface area (Å²) in [4.78, 5) is 14.8. The van der Waals surface area contributed by atoms with Crippen LogP contribution >= 0.6 is 15.9 Å². The summed E-state index contributed by atoms with van der Waals surface area (Å²) in [6, 6.07) is 8.03. The number of hydrogen-bond acceptors (Lipinski definition) is 4. The standard InChI is InChI=1S/C17H22BrNO3/c18-14-3-7-16(8-4-14)22-17(20)13-1-5-15(6-2-13)19-9-11-21-12-10-19/h3-4,7-8,13,15H,1-2,5-6,9-12H2. The van der Waals surface area contributed by atoms with Crippen molar-refractivity contribution in [3.63, 3.8) is 0 Å². The number of carbonyl (C=O) groups excluding carboxylic acids is 1. The number of ether oxygens (including phenoxy) is 2. The fourth-order valence-electron chi connectivity index (χ4n) is 3.32. The summed E-state index contributed by atoms with van der Waals surface area (Å²) < 4.78 is 11.9. The molecule has 0 unspecified atom stereocenters. The molecule has 0 amide bonds. The minimum atomic E-state index is -0.0808. The molecule has 2 fully saturated rings. The van der Waals surface area contributed by atoms with Crippen molar-refractivity contribution in [1.82, 2.24) is 4.90 Å². The van der Waals surface area contributed by atoms with Crippen LogP contribution < -0.4 is 4.74 Å². The van der Waals surface area contributed by atoms with E-state index < -0.39 is 0 Å². The molecule has 22 heavy (non-hydrogen) atoms. The van der Waals surface area contributed by atoms with E-state index in [4.69, 9.17) is 9.47 Å². The minimum Gasteiger partial charge on any atom is -0.426 e. The second kappa shape index (κ2) is 7.57. The Hall–Kier alpha value is -0.910. The fourth-order valence-corrected chi connectivity index (χ4v) is 3.59. The minimum absolute atomic E-state index is 0.0425. The molecular weight excluding hydrogens is 346 g/mol. The summed E-state index contributed by atoms with van der Waals surface area (Å²) in [5, 5.41) is 0. The van der Waals surface area contributed by atoms with Gasteiger partial charge < -0.3 is 9.47 Å². The van der Waals surface area contributed by atoms with Crippen molar-refractivity contribution in [2.24, 2.45) is 5.92 Å². The largest absolute Gasteiger partial charge is 0.426 e. The van der Waals surface area contributed by atoms with Crippen molar-refractivity contribution in [2.75, 3.05) is 26.3 Å². The lowest BCUT2D eigenvalue weighted by Gasteiger charge is -2.38. The molecule has 5 heteroatoms. The van der Waals surface area contributed by atoms with Crippen LogP contribution in [0.3, 0.4) is 0 Å². The van der Waals surface area contributed by atoms with Crippen molar-refractivity contribution < 1.29 is 14.3 Å². The first-order chi connectivity index (χ1) is 10.7. The maximum atomic E-state index is 12.3. The van der Waals surface area contributed by atoms with Crippen LogP contribution in [0, 0.1) is 5.92 Å². The van der Waals surface area contributed by atoms with Crippen LogP contribution in [0.25, 0.3) is 0 Å². The number of carbonyl (C=O) groups is 1. The summed E-state index contributed by atoms with van der Waals surface area (Å²) in [6.45, 7) is 3.73. The Balaban J connectivity index is 1.48. The molecule has 0 N–H and O–H groups in total. The lowest BCUT2D eigenvalue weighted by molar-refractivity contribution is -0.140. The third-order valence-corrected chi connectivity index (χ3v) is 5.15. The van der Waals surface area contributed by atoms with Crippen molar-refractivity contribution in [3.05, 3.63) is 28.7 Å². The zero-order valence-electron chi connectivity index (χ0n) is 12.7. The SMILES string of the molecule is O=C(Oc1ccc(Br)cc1)C1CCC(N2CCOCC2)CC1. The fraction of sp³-hybridized carbons (Fsp3) is 0.588. The van der Waals surface area contributed by atoms with Crippen LogP contribution in [0.4, 0.5) is 0 Å². The summed E-state index contributed by atoms with van der Waals surface area (Å²) in [6.07, 6.45) is 4.02. The summed E-state index contributed by atoms with van der Waals surface area (Å²) in [5.74, 6) is 0.590. The second-order valence-electron chi connectivity index (χ2n) is 6.03. The zero-order chi connectivity index (χ0) is 15.4. The summed E-state index contributed by atoms with van der Waals surface area (Å²) in [5.41, 5.74) is 0. The Bertz CT molecular complexity index is 491. The molecular formula is C17H22BrNO3. The first-order valence-electron chi connectivity index (χ1n) is 8.01. The molecule has 1 saturated heterocycles. The third-order valence-electron chi connectivity index (χ3n) is 4.62. The van der Waals surface area contributed by atoms with E-state index in [1.807, 2.05) is 24.3 Å². The van der Waals surface area contributed by atoms with E-state index in [1.165, 1.54) is 0 Å². The highest BCUT2D eigenvalue weighted by molar-refractivity contribution is 9.10. The molecule has 120 valence electrons. The van der Waals surface area contributed by atoms with E-state index in [9.17, 15) is 4.79 Å².